The summed E-state index contributed by atoms with van der Waals surface area (Å²) in [5.41, 5.74) is 0. The first-order valence-electron chi connectivity index (χ1n) is 6.27. The number of halogens is 2. The van der Waals surface area contributed by atoms with Crippen LogP contribution in [0.25, 0.3) is 0 Å². The summed E-state index contributed by atoms with van der Waals surface area (Å²) in [4.78, 5) is 0. The van der Waals surface area contributed by atoms with Gasteiger partial charge in [0.25, 0.3) is 0 Å². The fourth-order valence-corrected chi connectivity index (χ4v) is 2.70. The summed E-state index contributed by atoms with van der Waals surface area (Å²) in [6.45, 7) is 4.05. The lowest BCUT2D eigenvalue weighted by molar-refractivity contribution is -0.0403. The minimum atomic E-state index is -0.729. The zero-order chi connectivity index (χ0) is 13.3. The molecule has 1 saturated carbocycles. The van der Waals surface area contributed by atoms with Crippen LogP contribution < -0.4 is 4.74 Å². The molecule has 0 amide bonds. The normalized spacial score (nSPS) is 32.3. The Morgan fingerprint density at radius 2 is 1.94 bits per heavy atom. The van der Waals surface area contributed by atoms with E-state index in [0.717, 1.165) is 18.6 Å². The highest BCUT2D eigenvalue weighted by molar-refractivity contribution is 5.25. The van der Waals surface area contributed by atoms with E-state index in [1.165, 1.54) is 6.07 Å². The van der Waals surface area contributed by atoms with Crippen LogP contribution in [0.3, 0.4) is 0 Å². The van der Waals surface area contributed by atoms with Crippen molar-refractivity contribution in [1.29, 1.82) is 0 Å². The number of ether oxygens (including phenoxy) is 1. The zero-order valence-electron chi connectivity index (χ0n) is 10.6. The van der Waals surface area contributed by atoms with Crippen LogP contribution in [-0.2, 0) is 0 Å². The molecule has 0 aliphatic heterocycles. The SMILES string of the molecule is CC1CC(C)C(Oc2ccc(F)cc2F)C(O)C1. The topological polar surface area (TPSA) is 29.5 Å². The molecule has 2 rings (SSSR count). The van der Waals surface area contributed by atoms with Gasteiger partial charge in [-0.15, -0.1) is 0 Å². The van der Waals surface area contributed by atoms with E-state index in [1.807, 2.05) is 6.92 Å². The van der Waals surface area contributed by atoms with Crippen molar-refractivity contribution in [2.45, 2.75) is 38.9 Å². The Morgan fingerprint density at radius 3 is 2.56 bits per heavy atom. The van der Waals surface area contributed by atoms with E-state index < -0.39 is 23.8 Å². The van der Waals surface area contributed by atoms with Crippen LogP contribution in [0, 0.1) is 23.5 Å². The number of rotatable bonds is 2. The molecule has 1 aromatic carbocycles. The van der Waals surface area contributed by atoms with Gasteiger partial charge in [0.15, 0.2) is 11.6 Å². The van der Waals surface area contributed by atoms with Gasteiger partial charge in [-0.1, -0.05) is 13.8 Å². The maximum absolute atomic E-state index is 13.5. The molecule has 1 N–H and O–H groups in total. The molecule has 1 fully saturated rings. The average Bonchev–Trinajstić information content (AvgIpc) is 2.25. The van der Waals surface area contributed by atoms with Gasteiger partial charge in [0.1, 0.15) is 11.9 Å². The van der Waals surface area contributed by atoms with Gasteiger partial charge in [-0.3, -0.25) is 0 Å². The molecule has 18 heavy (non-hydrogen) atoms. The molecular formula is C14H18F2O2. The third-order valence-corrected chi connectivity index (χ3v) is 3.52. The van der Waals surface area contributed by atoms with Gasteiger partial charge in [0.05, 0.1) is 6.10 Å². The quantitative estimate of drug-likeness (QED) is 0.880. The summed E-state index contributed by atoms with van der Waals surface area (Å²) in [6, 6.07) is 3.21. The van der Waals surface area contributed by atoms with Crippen molar-refractivity contribution in [2.24, 2.45) is 11.8 Å². The Labute approximate surface area is 106 Å². The van der Waals surface area contributed by atoms with Crippen molar-refractivity contribution >= 4 is 0 Å². The fourth-order valence-electron chi connectivity index (χ4n) is 2.70. The van der Waals surface area contributed by atoms with Crippen LogP contribution in [0.2, 0.25) is 0 Å². The van der Waals surface area contributed by atoms with Crippen molar-refractivity contribution in [2.75, 3.05) is 0 Å². The molecule has 1 aliphatic rings. The lowest BCUT2D eigenvalue weighted by Gasteiger charge is -2.36. The van der Waals surface area contributed by atoms with Gasteiger partial charge in [0, 0.05) is 6.07 Å². The van der Waals surface area contributed by atoms with Crippen molar-refractivity contribution in [3.05, 3.63) is 29.8 Å². The van der Waals surface area contributed by atoms with Crippen molar-refractivity contribution in [1.82, 2.24) is 0 Å². The van der Waals surface area contributed by atoms with Crippen LogP contribution in [0.5, 0.6) is 5.75 Å². The molecule has 0 heterocycles. The fraction of sp³-hybridized carbons (Fsp3) is 0.571. The van der Waals surface area contributed by atoms with E-state index in [-0.39, 0.29) is 11.7 Å². The molecular weight excluding hydrogens is 238 g/mol. The number of aliphatic hydroxyl groups excluding tert-OH is 1. The summed E-state index contributed by atoms with van der Waals surface area (Å²) in [7, 11) is 0. The van der Waals surface area contributed by atoms with Crippen LogP contribution in [0.15, 0.2) is 18.2 Å². The van der Waals surface area contributed by atoms with Gasteiger partial charge in [0.2, 0.25) is 0 Å². The molecule has 0 aromatic heterocycles. The molecule has 4 unspecified atom stereocenters. The minimum absolute atomic E-state index is 0.00172. The number of benzene rings is 1. The zero-order valence-corrected chi connectivity index (χ0v) is 10.6. The highest BCUT2D eigenvalue weighted by Gasteiger charge is 2.34. The summed E-state index contributed by atoms with van der Waals surface area (Å²) >= 11 is 0. The maximum Gasteiger partial charge on any atom is 0.167 e. The predicted molar refractivity (Wildman–Crippen MR) is 64.3 cm³/mol. The van der Waals surface area contributed by atoms with Crippen molar-refractivity contribution in [3.8, 4) is 5.75 Å². The smallest absolute Gasteiger partial charge is 0.167 e. The monoisotopic (exact) mass is 256 g/mol. The van der Waals surface area contributed by atoms with Gasteiger partial charge < -0.3 is 9.84 Å². The van der Waals surface area contributed by atoms with E-state index in [9.17, 15) is 13.9 Å². The standard InChI is InChI=1S/C14H18F2O2/c1-8-5-9(2)14(12(17)6-8)18-13-4-3-10(15)7-11(13)16/h3-4,7-9,12,14,17H,5-6H2,1-2H3. The highest BCUT2D eigenvalue weighted by atomic mass is 19.1. The Kier molecular flexibility index (Phi) is 3.85. The van der Waals surface area contributed by atoms with E-state index >= 15 is 0 Å². The largest absolute Gasteiger partial charge is 0.484 e. The molecule has 4 atom stereocenters. The Hall–Kier alpha value is -1.16. The van der Waals surface area contributed by atoms with Crippen LogP contribution in [0.4, 0.5) is 8.78 Å². The summed E-state index contributed by atoms with van der Waals surface area (Å²) in [6.07, 6.45) is 0.553. The Balaban J connectivity index is 2.12. The highest BCUT2D eigenvalue weighted by Crippen LogP contribution is 2.32. The summed E-state index contributed by atoms with van der Waals surface area (Å²) in [5, 5.41) is 10.00. The second kappa shape index (κ2) is 5.22. The van der Waals surface area contributed by atoms with Crippen LogP contribution >= 0.6 is 0 Å². The lowest BCUT2D eigenvalue weighted by atomic mass is 9.79. The van der Waals surface area contributed by atoms with E-state index in [1.54, 1.807) is 0 Å². The molecule has 0 bridgehead atoms. The third-order valence-electron chi connectivity index (χ3n) is 3.52. The van der Waals surface area contributed by atoms with E-state index in [0.29, 0.717) is 12.3 Å². The van der Waals surface area contributed by atoms with Gasteiger partial charge >= 0.3 is 0 Å². The van der Waals surface area contributed by atoms with Crippen molar-refractivity contribution < 1.29 is 18.6 Å². The molecule has 4 heteroatoms. The van der Waals surface area contributed by atoms with E-state index in [2.05, 4.69) is 6.92 Å². The summed E-state index contributed by atoms with van der Waals surface area (Å²) in [5.74, 6) is -0.776. The average molecular weight is 256 g/mol. The summed E-state index contributed by atoms with van der Waals surface area (Å²) < 4.78 is 31.8. The molecule has 0 radical (unpaired) electrons. The maximum atomic E-state index is 13.5. The second-order valence-electron chi connectivity index (χ2n) is 5.28. The number of hydrogen-bond donors (Lipinski definition) is 1. The molecule has 1 aliphatic carbocycles. The lowest BCUT2D eigenvalue weighted by Crippen LogP contribution is -2.43. The molecule has 100 valence electrons. The van der Waals surface area contributed by atoms with Gasteiger partial charge in [-0.05, 0) is 36.8 Å². The Morgan fingerprint density at radius 1 is 1.22 bits per heavy atom. The van der Waals surface area contributed by atoms with Gasteiger partial charge in [-0.2, -0.15) is 0 Å². The Bertz CT molecular complexity index is 410. The first kappa shape index (κ1) is 13.3. The van der Waals surface area contributed by atoms with E-state index in [4.69, 9.17) is 4.74 Å². The van der Waals surface area contributed by atoms with Crippen molar-refractivity contribution in [3.63, 3.8) is 0 Å². The van der Waals surface area contributed by atoms with Gasteiger partial charge in [-0.25, -0.2) is 8.78 Å². The third kappa shape index (κ3) is 2.80. The second-order valence-corrected chi connectivity index (χ2v) is 5.28. The molecule has 1 aromatic rings. The van der Waals surface area contributed by atoms with Crippen LogP contribution in [-0.4, -0.2) is 17.3 Å². The first-order chi connectivity index (χ1) is 8.47. The molecule has 0 saturated heterocycles. The minimum Gasteiger partial charge on any atom is -0.484 e. The molecule has 0 spiro atoms. The number of hydrogen-bond acceptors (Lipinski definition) is 2. The predicted octanol–water partition coefficient (Wildman–Crippen LogP) is 3.14. The first-order valence-corrected chi connectivity index (χ1v) is 6.27. The number of aliphatic hydroxyl groups is 1. The molecule has 2 nitrogen and oxygen atoms in total. The van der Waals surface area contributed by atoms with Crippen LogP contribution in [0.1, 0.15) is 26.7 Å².